The molecule has 0 aromatic rings. The van der Waals surface area contributed by atoms with E-state index >= 15 is 0 Å². The maximum Gasteiger partial charge on any atom is 0.147 e. The normalized spacial score (nSPS) is 32.2. The molecule has 0 bridgehead atoms. The topological polar surface area (TPSA) is 17.1 Å². The van der Waals surface area contributed by atoms with Crippen molar-refractivity contribution in [3.05, 3.63) is 0 Å². The molecular weight excluding hydrogens is 212 g/mol. The minimum absolute atomic E-state index is 0.180. The van der Waals surface area contributed by atoms with Gasteiger partial charge in [0, 0.05) is 29.1 Å². The molecule has 1 aliphatic heterocycles. The number of terminal acetylenes is 1. The SMILES string of the molecule is C#CCCC(=O)C1CSC(C)C(C)S1. The summed E-state index contributed by atoms with van der Waals surface area (Å²) in [6.45, 7) is 4.42. The predicted octanol–water partition coefficient (Wildman–Crippen LogP) is 2.59. The van der Waals surface area contributed by atoms with Crippen molar-refractivity contribution in [2.45, 2.75) is 42.4 Å². The number of carbonyl (C=O) groups is 1. The highest BCUT2D eigenvalue weighted by Crippen LogP contribution is 2.36. The molecule has 0 radical (unpaired) electrons. The second kappa shape index (κ2) is 5.72. The lowest BCUT2D eigenvalue weighted by Gasteiger charge is -2.30. The standard InChI is InChI=1S/C11H16OS2/c1-4-5-6-10(12)11-7-13-8(2)9(3)14-11/h1,8-9,11H,5-7H2,2-3H3. The first-order valence-electron chi connectivity index (χ1n) is 4.88. The number of carbonyl (C=O) groups excluding carboxylic acids is 1. The van der Waals surface area contributed by atoms with Crippen molar-refractivity contribution in [2.24, 2.45) is 0 Å². The van der Waals surface area contributed by atoms with Crippen molar-refractivity contribution in [3.8, 4) is 12.3 Å². The molecule has 1 fully saturated rings. The maximum atomic E-state index is 11.7. The molecular formula is C11H16OS2. The Morgan fingerprint density at radius 2 is 2.21 bits per heavy atom. The van der Waals surface area contributed by atoms with Crippen LogP contribution in [-0.2, 0) is 4.79 Å². The van der Waals surface area contributed by atoms with Crippen LogP contribution >= 0.6 is 23.5 Å². The van der Waals surface area contributed by atoms with Crippen molar-refractivity contribution < 1.29 is 4.79 Å². The number of hydrogen-bond donors (Lipinski definition) is 0. The highest BCUT2D eigenvalue weighted by atomic mass is 32.2. The summed E-state index contributed by atoms with van der Waals surface area (Å²) in [4.78, 5) is 11.7. The molecule has 0 saturated carbocycles. The first kappa shape index (κ1) is 12.0. The van der Waals surface area contributed by atoms with Gasteiger partial charge in [-0.15, -0.1) is 24.1 Å². The van der Waals surface area contributed by atoms with E-state index in [1.807, 2.05) is 23.5 Å². The van der Waals surface area contributed by atoms with Crippen molar-refractivity contribution in [2.75, 3.05) is 5.75 Å². The molecule has 3 atom stereocenters. The fourth-order valence-corrected chi connectivity index (χ4v) is 4.23. The third-order valence-electron chi connectivity index (χ3n) is 2.43. The first-order chi connectivity index (χ1) is 6.65. The van der Waals surface area contributed by atoms with Crippen molar-refractivity contribution >= 4 is 29.3 Å². The quantitative estimate of drug-likeness (QED) is 0.691. The van der Waals surface area contributed by atoms with Crippen LogP contribution in [0.4, 0.5) is 0 Å². The largest absolute Gasteiger partial charge is 0.298 e. The summed E-state index contributed by atoms with van der Waals surface area (Å²) < 4.78 is 0. The summed E-state index contributed by atoms with van der Waals surface area (Å²) >= 11 is 3.72. The summed E-state index contributed by atoms with van der Waals surface area (Å²) in [6.07, 6.45) is 6.28. The minimum atomic E-state index is 0.180. The summed E-state index contributed by atoms with van der Waals surface area (Å²) in [6, 6.07) is 0. The van der Waals surface area contributed by atoms with Crippen LogP contribution in [0, 0.1) is 12.3 Å². The molecule has 1 heterocycles. The Hall–Kier alpha value is -0.0700. The zero-order valence-corrected chi connectivity index (χ0v) is 10.3. The molecule has 14 heavy (non-hydrogen) atoms. The van der Waals surface area contributed by atoms with Gasteiger partial charge in [0.05, 0.1) is 5.25 Å². The van der Waals surface area contributed by atoms with E-state index in [1.165, 1.54) is 0 Å². The van der Waals surface area contributed by atoms with Crippen molar-refractivity contribution in [1.82, 2.24) is 0 Å². The molecule has 3 heteroatoms. The van der Waals surface area contributed by atoms with E-state index in [9.17, 15) is 4.79 Å². The van der Waals surface area contributed by atoms with E-state index in [1.54, 1.807) is 0 Å². The van der Waals surface area contributed by atoms with Gasteiger partial charge in [0.25, 0.3) is 0 Å². The zero-order chi connectivity index (χ0) is 10.6. The van der Waals surface area contributed by atoms with Crippen LogP contribution in [0.25, 0.3) is 0 Å². The van der Waals surface area contributed by atoms with Crippen LogP contribution in [0.2, 0.25) is 0 Å². The van der Waals surface area contributed by atoms with Gasteiger partial charge in [-0.2, -0.15) is 11.8 Å². The number of hydrogen-bond acceptors (Lipinski definition) is 3. The van der Waals surface area contributed by atoms with Crippen molar-refractivity contribution in [1.29, 1.82) is 0 Å². The number of ketones is 1. The highest BCUT2D eigenvalue weighted by Gasteiger charge is 2.29. The minimum Gasteiger partial charge on any atom is -0.298 e. The van der Waals surface area contributed by atoms with Gasteiger partial charge < -0.3 is 0 Å². The van der Waals surface area contributed by atoms with Gasteiger partial charge in [-0.25, -0.2) is 0 Å². The molecule has 0 aromatic carbocycles. The summed E-state index contributed by atoms with van der Waals surface area (Å²) in [5.41, 5.74) is 0. The van der Waals surface area contributed by atoms with Gasteiger partial charge in [-0.1, -0.05) is 13.8 Å². The highest BCUT2D eigenvalue weighted by molar-refractivity contribution is 8.08. The fraction of sp³-hybridized carbons (Fsp3) is 0.727. The van der Waals surface area contributed by atoms with E-state index in [4.69, 9.17) is 6.42 Å². The van der Waals surface area contributed by atoms with Crippen molar-refractivity contribution in [3.63, 3.8) is 0 Å². The fourth-order valence-electron chi connectivity index (χ4n) is 1.31. The predicted molar refractivity (Wildman–Crippen MR) is 65.8 cm³/mol. The van der Waals surface area contributed by atoms with Crippen LogP contribution in [-0.4, -0.2) is 27.3 Å². The van der Waals surface area contributed by atoms with E-state index in [0.717, 1.165) is 5.75 Å². The van der Waals surface area contributed by atoms with Crippen LogP contribution in [0.1, 0.15) is 26.7 Å². The Kier molecular flexibility index (Phi) is 4.91. The smallest absolute Gasteiger partial charge is 0.147 e. The molecule has 0 spiro atoms. The molecule has 1 rings (SSSR count). The summed E-state index contributed by atoms with van der Waals surface area (Å²) in [5.74, 6) is 3.81. The number of thioether (sulfide) groups is 2. The Bertz CT molecular complexity index is 244. The van der Waals surface area contributed by atoms with E-state index in [0.29, 0.717) is 29.1 Å². The second-order valence-electron chi connectivity index (χ2n) is 3.54. The van der Waals surface area contributed by atoms with Gasteiger partial charge in [0.15, 0.2) is 0 Å². The number of Topliss-reactive ketones (excluding diaryl/α,β-unsaturated/α-hetero) is 1. The molecule has 1 nitrogen and oxygen atoms in total. The Morgan fingerprint density at radius 3 is 2.79 bits per heavy atom. The average Bonchev–Trinajstić information content (AvgIpc) is 2.18. The van der Waals surface area contributed by atoms with Crippen LogP contribution < -0.4 is 0 Å². The summed E-state index contributed by atoms with van der Waals surface area (Å²) in [7, 11) is 0. The van der Waals surface area contributed by atoms with E-state index in [2.05, 4.69) is 19.8 Å². The molecule has 0 amide bonds. The lowest BCUT2D eigenvalue weighted by Crippen LogP contribution is -2.31. The Balaban J connectivity index is 2.39. The molecule has 1 saturated heterocycles. The number of rotatable bonds is 3. The second-order valence-corrected chi connectivity index (χ2v) is 6.53. The van der Waals surface area contributed by atoms with Gasteiger partial charge in [0.1, 0.15) is 5.78 Å². The molecule has 0 aromatic heterocycles. The zero-order valence-electron chi connectivity index (χ0n) is 8.66. The molecule has 0 aliphatic carbocycles. The Morgan fingerprint density at radius 1 is 1.50 bits per heavy atom. The first-order valence-corrected chi connectivity index (χ1v) is 6.87. The average molecular weight is 228 g/mol. The molecule has 3 unspecified atom stereocenters. The van der Waals surface area contributed by atoms with Crippen LogP contribution in [0.3, 0.4) is 0 Å². The summed E-state index contributed by atoms with van der Waals surface area (Å²) in [5, 5.41) is 1.42. The van der Waals surface area contributed by atoms with Gasteiger partial charge in [-0.3, -0.25) is 4.79 Å². The van der Waals surface area contributed by atoms with Crippen LogP contribution in [0.5, 0.6) is 0 Å². The third kappa shape index (κ3) is 3.25. The third-order valence-corrected chi connectivity index (χ3v) is 5.86. The molecule has 0 N–H and O–H groups in total. The van der Waals surface area contributed by atoms with Gasteiger partial charge in [-0.05, 0) is 0 Å². The van der Waals surface area contributed by atoms with Gasteiger partial charge >= 0.3 is 0 Å². The lowest BCUT2D eigenvalue weighted by atomic mass is 10.2. The monoisotopic (exact) mass is 228 g/mol. The molecule has 78 valence electrons. The molecule has 1 aliphatic rings. The lowest BCUT2D eigenvalue weighted by molar-refractivity contribution is -0.118. The van der Waals surface area contributed by atoms with Crippen LogP contribution in [0.15, 0.2) is 0 Å². The maximum absolute atomic E-state index is 11.7. The Labute approximate surface area is 94.8 Å². The van der Waals surface area contributed by atoms with E-state index < -0.39 is 0 Å². The van der Waals surface area contributed by atoms with Gasteiger partial charge in [0.2, 0.25) is 0 Å². The van der Waals surface area contributed by atoms with E-state index in [-0.39, 0.29) is 5.25 Å².